The standard InChI is InChI=1S/C28H52N2/c1-27(2,3)23-10-8-16-29(19-23)25-11-7-9-22(17-25)26-15-14-24(28(4,5)6)20-30(26)18-21-12-13-21/h21-26H,7-20H2,1-6H3. The zero-order valence-electron chi connectivity index (χ0n) is 21.3. The molecule has 0 amide bonds. The Bertz CT molecular complexity index is 552. The van der Waals surface area contributed by atoms with Crippen molar-refractivity contribution in [2.75, 3.05) is 26.2 Å². The molecule has 2 aliphatic heterocycles. The second-order valence-electron chi connectivity index (χ2n) is 13.9. The van der Waals surface area contributed by atoms with Gasteiger partial charge in [-0.25, -0.2) is 0 Å². The number of hydrogen-bond acceptors (Lipinski definition) is 2. The van der Waals surface area contributed by atoms with E-state index in [0.29, 0.717) is 10.8 Å². The molecule has 4 rings (SSSR count). The molecule has 0 aromatic heterocycles. The molecule has 0 aromatic rings. The molecule has 5 unspecified atom stereocenters. The number of piperidine rings is 2. The molecule has 0 bridgehead atoms. The van der Waals surface area contributed by atoms with Gasteiger partial charge in [-0.3, -0.25) is 4.90 Å². The molecule has 0 aromatic carbocycles. The Morgan fingerprint density at radius 3 is 2.07 bits per heavy atom. The van der Waals surface area contributed by atoms with Crippen LogP contribution in [0.4, 0.5) is 0 Å². The zero-order valence-corrected chi connectivity index (χ0v) is 21.3. The van der Waals surface area contributed by atoms with Gasteiger partial charge in [-0.1, -0.05) is 48.0 Å². The normalized spacial score (nSPS) is 38.0. The van der Waals surface area contributed by atoms with Crippen LogP contribution in [0, 0.1) is 34.5 Å². The molecule has 0 spiro atoms. The first-order valence-electron chi connectivity index (χ1n) is 13.6. The van der Waals surface area contributed by atoms with Gasteiger partial charge in [0.1, 0.15) is 0 Å². The highest BCUT2D eigenvalue weighted by Gasteiger charge is 2.42. The Balaban J connectivity index is 1.40. The molecule has 174 valence electrons. The summed E-state index contributed by atoms with van der Waals surface area (Å²) in [5.41, 5.74) is 0.941. The quantitative estimate of drug-likeness (QED) is 0.495. The first kappa shape index (κ1) is 23.1. The molecule has 2 nitrogen and oxygen atoms in total. The van der Waals surface area contributed by atoms with Crippen molar-refractivity contribution in [2.24, 2.45) is 34.5 Å². The molecule has 2 saturated heterocycles. The maximum absolute atomic E-state index is 3.01. The van der Waals surface area contributed by atoms with Crippen LogP contribution in [-0.4, -0.2) is 48.1 Å². The van der Waals surface area contributed by atoms with E-state index in [4.69, 9.17) is 0 Å². The summed E-state index contributed by atoms with van der Waals surface area (Å²) in [5.74, 6) is 3.76. The second kappa shape index (κ2) is 9.05. The largest absolute Gasteiger partial charge is 0.300 e. The van der Waals surface area contributed by atoms with E-state index in [9.17, 15) is 0 Å². The van der Waals surface area contributed by atoms with E-state index >= 15 is 0 Å². The smallest absolute Gasteiger partial charge is 0.0124 e. The van der Waals surface area contributed by atoms with Gasteiger partial charge in [0, 0.05) is 31.7 Å². The van der Waals surface area contributed by atoms with E-state index in [2.05, 4.69) is 51.3 Å². The van der Waals surface area contributed by atoms with Crippen LogP contribution in [0.3, 0.4) is 0 Å². The van der Waals surface area contributed by atoms with E-state index < -0.39 is 0 Å². The Kier molecular flexibility index (Phi) is 6.96. The van der Waals surface area contributed by atoms with E-state index in [1.165, 1.54) is 90.4 Å². The molecule has 2 heteroatoms. The van der Waals surface area contributed by atoms with Gasteiger partial charge in [0.2, 0.25) is 0 Å². The number of nitrogens with zero attached hydrogens (tertiary/aromatic N) is 2. The molecule has 30 heavy (non-hydrogen) atoms. The molecular formula is C28H52N2. The third-order valence-corrected chi connectivity index (χ3v) is 9.57. The Morgan fingerprint density at radius 1 is 0.700 bits per heavy atom. The van der Waals surface area contributed by atoms with Gasteiger partial charge < -0.3 is 4.90 Å². The summed E-state index contributed by atoms with van der Waals surface area (Å²) in [6.07, 6.45) is 14.7. The van der Waals surface area contributed by atoms with Crippen LogP contribution in [0.15, 0.2) is 0 Å². The Hall–Kier alpha value is -0.0800. The zero-order chi connectivity index (χ0) is 21.5. The lowest BCUT2D eigenvalue weighted by Crippen LogP contribution is -2.53. The van der Waals surface area contributed by atoms with Crippen molar-refractivity contribution >= 4 is 0 Å². The monoisotopic (exact) mass is 416 g/mol. The van der Waals surface area contributed by atoms with E-state index in [1.807, 2.05) is 0 Å². The van der Waals surface area contributed by atoms with E-state index in [0.717, 1.165) is 35.8 Å². The number of likely N-dealkylation sites (tertiary alicyclic amines) is 2. The van der Waals surface area contributed by atoms with Crippen LogP contribution in [0.2, 0.25) is 0 Å². The van der Waals surface area contributed by atoms with Crippen molar-refractivity contribution in [3.05, 3.63) is 0 Å². The summed E-state index contributed by atoms with van der Waals surface area (Å²) in [6.45, 7) is 20.4. The average Bonchev–Trinajstić information content (AvgIpc) is 3.51. The van der Waals surface area contributed by atoms with Gasteiger partial charge in [-0.15, -0.1) is 0 Å². The SMILES string of the molecule is CC(C)(C)C1CCCN(C2CCCC(C3CCC(C(C)(C)C)CN3CC3CC3)C2)C1. The highest BCUT2D eigenvalue weighted by molar-refractivity contribution is 4.96. The first-order chi connectivity index (χ1) is 14.1. The molecule has 5 atom stereocenters. The van der Waals surface area contributed by atoms with Gasteiger partial charge in [0.05, 0.1) is 0 Å². The molecule has 4 aliphatic rings. The van der Waals surface area contributed by atoms with Crippen molar-refractivity contribution in [2.45, 2.75) is 118 Å². The minimum atomic E-state index is 0.470. The lowest BCUT2D eigenvalue weighted by Gasteiger charge is -2.50. The predicted molar refractivity (Wildman–Crippen MR) is 130 cm³/mol. The summed E-state index contributed by atoms with van der Waals surface area (Å²) in [4.78, 5) is 5.95. The first-order valence-corrected chi connectivity index (χ1v) is 13.6. The van der Waals surface area contributed by atoms with Crippen LogP contribution in [0.25, 0.3) is 0 Å². The highest BCUT2D eigenvalue weighted by atomic mass is 15.2. The van der Waals surface area contributed by atoms with Crippen molar-refractivity contribution in [1.82, 2.24) is 9.80 Å². The van der Waals surface area contributed by atoms with Gasteiger partial charge >= 0.3 is 0 Å². The van der Waals surface area contributed by atoms with Gasteiger partial charge in [0.25, 0.3) is 0 Å². The molecular weight excluding hydrogens is 364 g/mol. The summed E-state index contributed by atoms with van der Waals surface area (Å²) in [6, 6.07) is 1.76. The molecule has 2 aliphatic carbocycles. The Labute approximate surface area is 188 Å². The van der Waals surface area contributed by atoms with Crippen LogP contribution in [0.1, 0.15) is 106 Å². The summed E-state index contributed by atoms with van der Waals surface area (Å²) >= 11 is 0. The lowest BCUT2D eigenvalue weighted by atomic mass is 9.70. The number of rotatable bonds is 4. The maximum Gasteiger partial charge on any atom is 0.0124 e. The molecule has 4 fully saturated rings. The van der Waals surface area contributed by atoms with Crippen molar-refractivity contribution in [3.63, 3.8) is 0 Å². The topological polar surface area (TPSA) is 6.48 Å². The predicted octanol–water partition coefficient (Wildman–Crippen LogP) is 6.84. The van der Waals surface area contributed by atoms with Gasteiger partial charge in [-0.2, -0.15) is 0 Å². The molecule has 2 saturated carbocycles. The van der Waals surface area contributed by atoms with Gasteiger partial charge in [0.15, 0.2) is 0 Å². The molecule has 0 radical (unpaired) electrons. The fraction of sp³-hybridized carbons (Fsp3) is 1.00. The highest BCUT2D eigenvalue weighted by Crippen LogP contribution is 2.43. The van der Waals surface area contributed by atoms with Crippen LogP contribution in [-0.2, 0) is 0 Å². The summed E-state index contributed by atoms with van der Waals surface area (Å²) in [5, 5.41) is 0. The van der Waals surface area contributed by atoms with Crippen molar-refractivity contribution < 1.29 is 0 Å². The lowest BCUT2D eigenvalue weighted by molar-refractivity contribution is -0.00658. The molecule has 0 N–H and O–H groups in total. The van der Waals surface area contributed by atoms with Crippen LogP contribution >= 0.6 is 0 Å². The third kappa shape index (κ3) is 5.64. The van der Waals surface area contributed by atoms with Crippen LogP contribution < -0.4 is 0 Å². The van der Waals surface area contributed by atoms with Crippen LogP contribution in [0.5, 0.6) is 0 Å². The van der Waals surface area contributed by atoms with Crippen molar-refractivity contribution in [1.29, 1.82) is 0 Å². The average molecular weight is 417 g/mol. The number of hydrogen-bond donors (Lipinski definition) is 0. The minimum Gasteiger partial charge on any atom is -0.300 e. The van der Waals surface area contributed by atoms with E-state index in [1.54, 1.807) is 0 Å². The molecule has 2 heterocycles. The van der Waals surface area contributed by atoms with Gasteiger partial charge in [-0.05, 0) is 98.8 Å². The third-order valence-electron chi connectivity index (χ3n) is 9.57. The second-order valence-corrected chi connectivity index (χ2v) is 13.9. The maximum atomic E-state index is 3.01. The summed E-state index contributed by atoms with van der Waals surface area (Å²) < 4.78 is 0. The summed E-state index contributed by atoms with van der Waals surface area (Å²) in [7, 11) is 0. The van der Waals surface area contributed by atoms with Crippen molar-refractivity contribution in [3.8, 4) is 0 Å². The minimum absolute atomic E-state index is 0.470. The fourth-order valence-corrected chi connectivity index (χ4v) is 7.07. The Morgan fingerprint density at radius 2 is 1.40 bits per heavy atom. The fourth-order valence-electron chi connectivity index (χ4n) is 7.07. The van der Waals surface area contributed by atoms with E-state index in [-0.39, 0.29) is 0 Å².